The first kappa shape index (κ1) is 11.8. The molecule has 2 aromatic rings. The van der Waals surface area contributed by atoms with Crippen molar-refractivity contribution in [3.8, 4) is 0 Å². The summed E-state index contributed by atoms with van der Waals surface area (Å²) in [4.78, 5) is 8.26. The van der Waals surface area contributed by atoms with Crippen molar-refractivity contribution in [2.24, 2.45) is 0 Å². The van der Waals surface area contributed by atoms with Gasteiger partial charge >= 0.3 is 0 Å². The third-order valence-electron chi connectivity index (χ3n) is 2.21. The summed E-state index contributed by atoms with van der Waals surface area (Å²) in [7, 11) is 0. The van der Waals surface area contributed by atoms with E-state index in [4.69, 9.17) is 11.6 Å². The van der Waals surface area contributed by atoms with Gasteiger partial charge in [0.2, 0.25) is 0 Å². The summed E-state index contributed by atoms with van der Waals surface area (Å²) in [6.45, 7) is 2.39. The Balaban J connectivity index is 2.05. The van der Waals surface area contributed by atoms with Crippen LogP contribution in [0.25, 0.3) is 0 Å². The second kappa shape index (κ2) is 5.10. The van der Waals surface area contributed by atoms with Gasteiger partial charge in [0.25, 0.3) is 0 Å². The Morgan fingerprint density at radius 3 is 2.88 bits per heavy atom. The fourth-order valence-electron chi connectivity index (χ4n) is 1.39. The molecule has 0 atom stereocenters. The minimum absolute atomic E-state index is 0.125. The highest BCUT2D eigenvalue weighted by Crippen LogP contribution is 2.16. The molecule has 17 heavy (non-hydrogen) atoms. The highest BCUT2D eigenvalue weighted by Gasteiger charge is 2.01. The maximum absolute atomic E-state index is 12.9. The molecular weight excluding hydrogens is 241 g/mol. The number of aromatic nitrogens is 2. The molecule has 0 saturated carbocycles. The second-order valence-corrected chi connectivity index (χ2v) is 4.05. The highest BCUT2D eigenvalue weighted by molar-refractivity contribution is 6.30. The van der Waals surface area contributed by atoms with E-state index < -0.39 is 5.82 Å². The van der Waals surface area contributed by atoms with Crippen molar-refractivity contribution in [3.63, 3.8) is 0 Å². The van der Waals surface area contributed by atoms with Crippen LogP contribution in [0.5, 0.6) is 0 Å². The first-order valence-electron chi connectivity index (χ1n) is 5.11. The van der Waals surface area contributed by atoms with E-state index in [1.165, 1.54) is 6.07 Å². The van der Waals surface area contributed by atoms with Gasteiger partial charge in [0.15, 0.2) is 0 Å². The topological polar surface area (TPSA) is 37.8 Å². The van der Waals surface area contributed by atoms with Gasteiger partial charge in [-0.3, -0.25) is 4.98 Å². The van der Waals surface area contributed by atoms with Gasteiger partial charge in [-0.05, 0) is 24.6 Å². The Morgan fingerprint density at radius 1 is 1.35 bits per heavy atom. The monoisotopic (exact) mass is 251 g/mol. The summed E-state index contributed by atoms with van der Waals surface area (Å²) in [5.41, 5.74) is 1.73. The maximum Gasteiger partial charge on any atom is 0.145 e. The van der Waals surface area contributed by atoms with E-state index in [-0.39, 0.29) is 5.02 Å². The zero-order valence-corrected chi connectivity index (χ0v) is 10.0. The number of hydrogen-bond acceptors (Lipinski definition) is 3. The van der Waals surface area contributed by atoms with Gasteiger partial charge in [0, 0.05) is 12.7 Å². The summed E-state index contributed by atoms with van der Waals surface area (Å²) >= 11 is 5.69. The quantitative estimate of drug-likeness (QED) is 0.910. The molecule has 0 radical (unpaired) electrons. The van der Waals surface area contributed by atoms with Crippen LogP contribution in [0.15, 0.2) is 30.6 Å². The van der Waals surface area contributed by atoms with Crippen LogP contribution in [0.1, 0.15) is 11.3 Å². The van der Waals surface area contributed by atoms with E-state index in [2.05, 4.69) is 15.3 Å². The number of rotatable bonds is 3. The number of anilines is 1. The Kier molecular flexibility index (Phi) is 3.54. The van der Waals surface area contributed by atoms with E-state index in [1.807, 2.05) is 6.92 Å². The second-order valence-electron chi connectivity index (χ2n) is 3.65. The number of benzene rings is 1. The minimum atomic E-state index is -0.411. The molecule has 0 bridgehead atoms. The summed E-state index contributed by atoms with van der Waals surface area (Å²) < 4.78 is 12.9. The molecule has 3 nitrogen and oxygen atoms in total. The number of aryl methyl sites for hydroxylation is 1. The molecule has 1 N–H and O–H groups in total. The Bertz CT molecular complexity index is 531. The van der Waals surface area contributed by atoms with Gasteiger partial charge in [-0.15, -0.1) is 0 Å². The van der Waals surface area contributed by atoms with Crippen LogP contribution in [-0.4, -0.2) is 9.97 Å². The Hall–Kier alpha value is -1.68. The van der Waals surface area contributed by atoms with Gasteiger partial charge in [-0.2, -0.15) is 0 Å². The summed E-state index contributed by atoms with van der Waals surface area (Å²) in [5, 5.41) is 3.22. The van der Waals surface area contributed by atoms with Crippen LogP contribution in [0.2, 0.25) is 5.02 Å². The van der Waals surface area contributed by atoms with Crippen molar-refractivity contribution in [3.05, 3.63) is 52.7 Å². The molecule has 5 heteroatoms. The summed E-state index contributed by atoms with van der Waals surface area (Å²) in [6, 6.07) is 4.62. The molecule has 0 unspecified atom stereocenters. The van der Waals surface area contributed by atoms with Crippen molar-refractivity contribution in [2.75, 3.05) is 5.32 Å². The van der Waals surface area contributed by atoms with Crippen molar-refractivity contribution in [1.29, 1.82) is 0 Å². The van der Waals surface area contributed by atoms with Gasteiger partial charge in [0.1, 0.15) is 11.6 Å². The van der Waals surface area contributed by atoms with E-state index in [0.29, 0.717) is 12.4 Å². The highest BCUT2D eigenvalue weighted by atomic mass is 35.5. The molecule has 0 aliphatic carbocycles. The molecule has 0 aliphatic heterocycles. The summed E-state index contributed by atoms with van der Waals surface area (Å²) in [5.74, 6) is 0.274. The molecule has 0 aliphatic rings. The zero-order chi connectivity index (χ0) is 12.3. The normalized spacial score (nSPS) is 10.3. The van der Waals surface area contributed by atoms with E-state index in [0.717, 1.165) is 11.3 Å². The molecule has 2 rings (SSSR count). The average molecular weight is 252 g/mol. The molecule has 0 saturated heterocycles. The number of nitrogens with one attached hydrogen (secondary N) is 1. The predicted molar refractivity (Wildman–Crippen MR) is 65.5 cm³/mol. The molecule has 0 spiro atoms. The lowest BCUT2D eigenvalue weighted by molar-refractivity contribution is 0.627. The van der Waals surface area contributed by atoms with Crippen LogP contribution < -0.4 is 5.32 Å². The fraction of sp³-hybridized carbons (Fsp3) is 0.167. The largest absolute Gasteiger partial charge is 0.365 e. The van der Waals surface area contributed by atoms with Crippen molar-refractivity contribution in [2.45, 2.75) is 13.5 Å². The Labute approximate surface area is 104 Å². The van der Waals surface area contributed by atoms with Crippen molar-refractivity contribution in [1.82, 2.24) is 9.97 Å². The van der Waals surface area contributed by atoms with Crippen LogP contribution >= 0.6 is 11.6 Å². The van der Waals surface area contributed by atoms with Gasteiger partial charge in [-0.25, -0.2) is 9.37 Å². The molecular formula is C12H11ClFN3. The number of nitrogens with zero attached hydrogens (tertiary/aromatic N) is 2. The molecule has 1 aromatic heterocycles. The average Bonchev–Trinajstić information content (AvgIpc) is 2.31. The SMILES string of the molecule is Cc1cncc(NCc2ccc(F)c(Cl)c2)n1. The summed E-state index contributed by atoms with van der Waals surface area (Å²) in [6.07, 6.45) is 3.32. The van der Waals surface area contributed by atoms with Crippen molar-refractivity contribution < 1.29 is 4.39 Å². The lowest BCUT2D eigenvalue weighted by atomic mass is 10.2. The van der Waals surface area contributed by atoms with Crippen LogP contribution in [0, 0.1) is 12.7 Å². The maximum atomic E-state index is 12.9. The number of halogens is 2. The molecule has 0 fully saturated rings. The van der Waals surface area contributed by atoms with Gasteiger partial charge in [0.05, 0.1) is 16.9 Å². The smallest absolute Gasteiger partial charge is 0.145 e. The lowest BCUT2D eigenvalue weighted by Gasteiger charge is -2.06. The van der Waals surface area contributed by atoms with E-state index in [9.17, 15) is 4.39 Å². The zero-order valence-electron chi connectivity index (χ0n) is 9.24. The lowest BCUT2D eigenvalue weighted by Crippen LogP contribution is -2.02. The van der Waals surface area contributed by atoms with Crippen LogP contribution in [-0.2, 0) is 6.54 Å². The van der Waals surface area contributed by atoms with Gasteiger partial charge in [-0.1, -0.05) is 17.7 Å². The van der Waals surface area contributed by atoms with Gasteiger partial charge < -0.3 is 5.32 Å². The first-order chi connectivity index (χ1) is 8.15. The standard InChI is InChI=1S/C12H11ClFN3/c1-8-5-15-7-12(17-8)16-6-9-2-3-11(14)10(13)4-9/h2-5,7H,6H2,1H3,(H,16,17). The minimum Gasteiger partial charge on any atom is -0.365 e. The predicted octanol–water partition coefficient (Wildman–Crippen LogP) is 3.19. The fourth-order valence-corrected chi connectivity index (χ4v) is 1.59. The number of hydrogen-bond donors (Lipinski definition) is 1. The van der Waals surface area contributed by atoms with E-state index in [1.54, 1.807) is 24.5 Å². The first-order valence-corrected chi connectivity index (χ1v) is 5.49. The molecule has 88 valence electrons. The molecule has 1 aromatic carbocycles. The molecule has 1 heterocycles. The van der Waals surface area contributed by atoms with Crippen molar-refractivity contribution >= 4 is 17.4 Å². The molecule has 0 amide bonds. The van der Waals surface area contributed by atoms with Crippen LogP contribution in [0.4, 0.5) is 10.2 Å². The third kappa shape index (κ3) is 3.14. The third-order valence-corrected chi connectivity index (χ3v) is 2.50. The Morgan fingerprint density at radius 2 is 2.18 bits per heavy atom. The van der Waals surface area contributed by atoms with Crippen LogP contribution in [0.3, 0.4) is 0 Å². The van der Waals surface area contributed by atoms with E-state index >= 15 is 0 Å².